The van der Waals surface area contributed by atoms with Gasteiger partial charge >= 0.3 is 0 Å². The molecule has 1 saturated heterocycles. The summed E-state index contributed by atoms with van der Waals surface area (Å²) in [5.74, 6) is -0.0875. The van der Waals surface area contributed by atoms with Crippen molar-refractivity contribution >= 4 is 22.9 Å². The maximum atomic E-state index is 12.5. The average molecular weight is 429 g/mol. The van der Waals surface area contributed by atoms with E-state index in [0.717, 1.165) is 0 Å². The summed E-state index contributed by atoms with van der Waals surface area (Å²) in [6.07, 6.45) is -0.667. The minimum atomic E-state index is -1.05. The Kier molecular flexibility index (Phi) is 6.49. The highest BCUT2D eigenvalue weighted by molar-refractivity contribution is 6.06. The maximum absolute atomic E-state index is 12.5. The molecule has 1 amide bonds. The van der Waals surface area contributed by atoms with Gasteiger partial charge in [-0.3, -0.25) is 9.36 Å². The summed E-state index contributed by atoms with van der Waals surface area (Å²) in [5.41, 5.74) is 1.22. The highest BCUT2D eigenvalue weighted by atomic mass is 16.6. The lowest BCUT2D eigenvalue weighted by Crippen LogP contribution is -2.36. The number of amides is 1. The van der Waals surface area contributed by atoms with E-state index in [2.05, 4.69) is 20.3 Å². The van der Waals surface area contributed by atoms with Crippen LogP contribution in [0.4, 0.5) is 5.82 Å². The van der Waals surface area contributed by atoms with Crippen molar-refractivity contribution in [3.63, 3.8) is 0 Å². The van der Waals surface area contributed by atoms with Gasteiger partial charge in [-0.15, -0.1) is 0 Å². The van der Waals surface area contributed by atoms with Crippen LogP contribution in [0.15, 0.2) is 43.0 Å². The van der Waals surface area contributed by atoms with Gasteiger partial charge in [-0.1, -0.05) is 18.2 Å². The number of aromatic nitrogens is 4. The molecule has 11 nitrogen and oxygen atoms in total. The van der Waals surface area contributed by atoms with Crippen molar-refractivity contribution in [2.45, 2.75) is 24.5 Å². The Balaban J connectivity index is 1.62. The van der Waals surface area contributed by atoms with Gasteiger partial charge in [0.15, 0.2) is 23.2 Å². The number of aliphatic hydroxyl groups excluding tert-OH is 2. The number of ether oxygens (including phenoxy) is 3. The smallest absolute Gasteiger partial charge is 0.256 e. The number of carbonyl (C=O) groups is 1. The first kappa shape index (κ1) is 21.3. The van der Waals surface area contributed by atoms with Gasteiger partial charge in [0.1, 0.15) is 24.6 Å². The summed E-state index contributed by atoms with van der Waals surface area (Å²) in [5, 5.41) is 22.8. The van der Waals surface area contributed by atoms with Crippen LogP contribution >= 0.6 is 0 Å². The highest BCUT2D eigenvalue weighted by Crippen LogP contribution is 2.34. The number of hydrogen-bond acceptors (Lipinski definition) is 9. The number of hydrogen-bond donors (Lipinski definition) is 3. The molecule has 0 spiro atoms. The van der Waals surface area contributed by atoms with Crippen LogP contribution in [-0.2, 0) is 14.2 Å². The summed E-state index contributed by atoms with van der Waals surface area (Å²) in [7, 11) is 1.55. The Morgan fingerprint density at radius 1 is 1.23 bits per heavy atom. The molecule has 3 heterocycles. The monoisotopic (exact) mass is 429 g/mol. The van der Waals surface area contributed by atoms with Gasteiger partial charge in [0.05, 0.1) is 26.1 Å². The van der Waals surface area contributed by atoms with Crippen LogP contribution in [0.2, 0.25) is 0 Å². The van der Waals surface area contributed by atoms with Crippen molar-refractivity contribution in [1.82, 2.24) is 19.5 Å². The Hall–Kier alpha value is -2.96. The fourth-order valence-corrected chi connectivity index (χ4v) is 3.44. The molecule has 3 aromatic rings. The summed E-state index contributed by atoms with van der Waals surface area (Å²) >= 11 is 0. The number of nitrogens with one attached hydrogen (secondary N) is 1. The molecule has 31 heavy (non-hydrogen) atoms. The van der Waals surface area contributed by atoms with E-state index in [-0.39, 0.29) is 24.9 Å². The lowest BCUT2D eigenvalue weighted by Gasteiger charge is -2.22. The van der Waals surface area contributed by atoms with Crippen LogP contribution in [0.25, 0.3) is 11.2 Å². The van der Waals surface area contributed by atoms with E-state index < -0.39 is 24.5 Å². The summed E-state index contributed by atoms with van der Waals surface area (Å²) < 4.78 is 18.2. The van der Waals surface area contributed by atoms with Gasteiger partial charge in [-0.2, -0.15) is 0 Å². The molecule has 11 heteroatoms. The fraction of sp³-hybridized carbons (Fsp3) is 0.400. The Labute approximate surface area is 177 Å². The molecule has 1 fully saturated rings. The summed E-state index contributed by atoms with van der Waals surface area (Å²) in [6.45, 7) is 0.195. The predicted octanol–water partition coefficient (Wildman–Crippen LogP) is 0.361. The van der Waals surface area contributed by atoms with Gasteiger partial charge in [0, 0.05) is 12.7 Å². The first-order valence-electron chi connectivity index (χ1n) is 9.73. The number of fused-ring (bicyclic) bond motifs is 1. The number of rotatable bonds is 8. The molecule has 1 aliphatic heterocycles. The van der Waals surface area contributed by atoms with Crippen LogP contribution in [0.1, 0.15) is 16.6 Å². The third kappa shape index (κ3) is 4.27. The van der Waals surface area contributed by atoms with E-state index in [1.807, 2.05) is 6.07 Å². The predicted molar refractivity (Wildman–Crippen MR) is 108 cm³/mol. The molecular weight excluding hydrogens is 406 g/mol. The number of methoxy groups -OCH3 is 1. The van der Waals surface area contributed by atoms with Crippen molar-refractivity contribution in [3.05, 3.63) is 48.5 Å². The van der Waals surface area contributed by atoms with Crippen molar-refractivity contribution < 1.29 is 29.2 Å². The second kappa shape index (κ2) is 9.45. The van der Waals surface area contributed by atoms with Crippen LogP contribution < -0.4 is 5.32 Å². The zero-order valence-electron chi connectivity index (χ0n) is 16.8. The number of imidazole rings is 1. The molecule has 164 valence electrons. The van der Waals surface area contributed by atoms with Crippen molar-refractivity contribution in [2.75, 3.05) is 32.2 Å². The number of nitrogens with zero attached hydrogens (tertiary/aromatic N) is 4. The molecule has 0 saturated carbocycles. The Bertz CT molecular complexity index is 1030. The third-order valence-electron chi connectivity index (χ3n) is 4.99. The van der Waals surface area contributed by atoms with E-state index in [0.29, 0.717) is 23.3 Å². The minimum absolute atomic E-state index is 0.232. The molecule has 0 unspecified atom stereocenters. The molecular formula is C20H23N5O6. The number of aliphatic hydroxyl groups is 2. The van der Waals surface area contributed by atoms with E-state index in [9.17, 15) is 15.0 Å². The zero-order chi connectivity index (χ0) is 21.8. The standard InChI is InChI=1S/C20H23N5O6/c1-29-7-8-30-16-15(27)13(9-26)31-20(16)25-11-23-14-17(21-10-22-18(14)25)24-19(28)12-5-3-2-4-6-12/h2-6,10-11,13,15-16,20,26-27H,7-9H2,1H3,(H,21,22,24,28)/t13-,15-,16-,20-/m1/s1. The fourth-order valence-electron chi connectivity index (χ4n) is 3.44. The Morgan fingerprint density at radius 2 is 2.03 bits per heavy atom. The van der Waals surface area contributed by atoms with E-state index in [1.54, 1.807) is 35.9 Å². The normalized spacial score (nSPS) is 23.3. The minimum Gasteiger partial charge on any atom is -0.394 e. The number of benzene rings is 1. The van der Waals surface area contributed by atoms with Crippen molar-refractivity contribution in [3.8, 4) is 0 Å². The lowest BCUT2D eigenvalue weighted by atomic mass is 10.1. The number of anilines is 1. The maximum Gasteiger partial charge on any atom is 0.256 e. The highest BCUT2D eigenvalue weighted by Gasteiger charge is 2.45. The third-order valence-corrected chi connectivity index (χ3v) is 4.99. The molecule has 0 aliphatic carbocycles. The quantitative estimate of drug-likeness (QED) is 0.433. The molecule has 4 rings (SSSR count). The molecule has 2 aromatic heterocycles. The van der Waals surface area contributed by atoms with Gasteiger partial charge < -0.3 is 29.7 Å². The molecule has 0 radical (unpaired) electrons. The topological polar surface area (TPSA) is 141 Å². The van der Waals surface area contributed by atoms with Crippen LogP contribution in [0.5, 0.6) is 0 Å². The molecule has 3 N–H and O–H groups in total. The Morgan fingerprint density at radius 3 is 2.77 bits per heavy atom. The lowest BCUT2D eigenvalue weighted by molar-refractivity contribution is -0.0785. The van der Waals surface area contributed by atoms with Crippen LogP contribution in [-0.4, -0.2) is 80.9 Å². The van der Waals surface area contributed by atoms with E-state index >= 15 is 0 Å². The molecule has 0 bridgehead atoms. The van der Waals surface area contributed by atoms with Gasteiger partial charge in [0.25, 0.3) is 5.91 Å². The first-order chi connectivity index (χ1) is 15.1. The number of carbonyl (C=O) groups excluding carboxylic acids is 1. The van der Waals surface area contributed by atoms with Gasteiger partial charge in [0.2, 0.25) is 0 Å². The van der Waals surface area contributed by atoms with Gasteiger partial charge in [-0.25, -0.2) is 15.0 Å². The average Bonchev–Trinajstić information content (AvgIpc) is 3.36. The van der Waals surface area contributed by atoms with Gasteiger partial charge in [-0.05, 0) is 12.1 Å². The molecule has 4 atom stereocenters. The first-order valence-corrected chi connectivity index (χ1v) is 9.73. The largest absolute Gasteiger partial charge is 0.394 e. The SMILES string of the molecule is COCCO[C@@H]1[C@H](O)[C@@H](CO)O[C@H]1n1cnc2c(NC(=O)c3ccccc3)ncnc21. The summed E-state index contributed by atoms with van der Waals surface area (Å²) in [4.78, 5) is 25.3. The molecule has 1 aliphatic rings. The van der Waals surface area contributed by atoms with E-state index in [4.69, 9.17) is 14.2 Å². The second-order valence-electron chi connectivity index (χ2n) is 6.93. The molecule has 1 aromatic carbocycles. The van der Waals surface area contributed by atoms with E-state index in [1.165, 1.54) is 12.7 Å². The van der Waals surface area contributed by atoms with Crippen LogP contribution in [0.3, 0.4) is 0 Å². The van der Waals surface area contributed by atoms with Crippen molar-refractivity contribution in [1.29, 1.82) is 0 Å². The summed E-state index contributed by atoms with van der Waals surface area (Å²) in [6, 6.07) is 8.74. The van der Waals surface area contributed by atoms with Crippen LogP contribution in [0, 0.1) is 0 Å². The van der Waals surface area contributed by atoms with Crippen molar-refractivity contribution in [2.24, 2.45) is 0 Å². The zero-order valence-corrected chi connectivity index (χ0v) is 16.8. The second-order valence-corrected chi connectivity index (χ2v) is 6.93.